The van der Waals surface area contributed by atoms with Crippen molar-refractivity contribution in [1.29, 1.82) is 0 Å². The zero-order valence-corrected chi connectivity index (χ0v) is 16.4. The molecule has 6 heteroatoms. The minimum atomic E-state index is -4.38. The fraction of sp³-hybridized carbons (Fsp3) is 0.250. The summed E-state index contributed by atoms with van der Waals surface area (Å²) in [5, 5.41) is 10.5. The molecule has 0 fully saturated rings. The van der Waals surface area contributed by atoms with Crippen molar-refractivity contribution >= 4 is 0 Å². The molecule has 0 aliphatic carbocycles. The zero-order chi connectivity index (χ0) is 21.4. The molecule has 0 amide bonds. The van der Waals surface area contributed by atoms with E-state index in [0.717, 1.165) is 23.3 Å². The highest BCUT2D eigenvalue weighted by atomic mass is 19.4. The molecule has 3 aromatic carbocycles. The highest BCUT2D eigenvalue weighted by Gasteiger charge is 2.30. The van der Waals surface area contributed by atoms with Crippen LogP contribution >= 0.6 is 0 Å². The van der Waals surface area contributed by atoms with E-state index in [1.54, 1.807) is 0 Å². The van der Waals surface area contributed by atoms with Crippen molar-refractivity contribution < 1.29 is 23.0 Å². The average molecular weight is 415 g/mol. The summed E-state index contributed by atoms with van der Waals surface area (Å²) in [7, 11) is 0. The molecule has 3 aromatic rings. The summed E-state index contributed by atoms with van der Waals surface area (Å²) in [6.45, 7) is 1.68. The molecule has 0 unspecified atom stereocenters. The smallest absolute Gasteiger partial charge is 0.416 e. The largest absolute Gasteiger partial charge is 0.491 e. The number of aliphatic hydroxyl groups excluding tert-OH is 1. The predicted octanol–water partition coefficient (Wildman–Crippen LogP) is 5.15. The molecule has 0 spiro atoms. The fourth-order valence-electron chi connectivity index (χ4n) is 3.15. The molecule has 0 aliphatic rings. The van der Waals surface area contributed by atoms with Gasteiger partial charge in [0.2, 0.25) is 0 Å². The van der Waals surface area contributed by atoms with E-state index >= 15 is 0 Å². The summed E-state index contributed by atoms with van der Waals surface area (Å²) in [5.74, 6) is 0.291. The van der Waals surface area contributed by atoms with Crippen LogP contribution in [0.3, 0.4) is 0 Å². The van der Waals surface area contributed by atoms with Gasteiger partial charge >= 0.3 is 6.18 Å². The highest BCUT2D eigenvalue weighted by Crippen LogP contribution is 2.30. The molecule has 1 N–H and O–H groups in total. The summed E-state index contributed by atoms with van der Waals surface area (Å²) in [6, 6.07) is 24.4. The zero-order valence-electron chi connectivity index (χ0n) is 16.4. The van der Waals surface area contributed by atoms with E-state index in [1.165, 1.54) is 12.1 Å². The third kappa shape index (κ3) is 6.90. The van der Waals surface area contributed by atoms with Crippen LogP contribution in [0.4, 0.5) is 13.2 Å². The standard InChI is InChI=1S/C24H24F3NO2/c25-24(26,27)21-11-13-23(14-12-21)30-18-22(29)17-28(15-19-7-3-1-4-8-19)16-20-9-5-2-6-10-20/h1-14,22,29H,15-18H2/t22-/m0/s1. The molecular weight excluding hydrogens is 391 g/mol. The van der Waals surface area contributed by atoms with E-state index in [4.69, 9.17) is 4.74 Å². The minimum absolute atomic E-state index is 0.00849. The molecular formula is C24H24F3NO2. The lowest BCUT2D eigenvalue weighted by Crippen LogP contribution is -2.35. The molecule has 0 aromatic heterocycles. The van der Waals surface area contributed by atoms with Crippen LogP contribution in [-0.4, -0.2) is 29.3 Å². The molecule has 0 bridgehead atoms. The Morgan fingerprint density at radius 3 is 1.73 bits per heavy atom. The molecule has 3 rings (SSSR count). The number of halogens is 3. The second-order valence-electron chi connectivity index (χ2n) is 7.13. The first kappa shape index (κ1) is 21.9. The lowest BCUT2D eigenvalue weighted by molar-refractivity contribution is -0.137. The third-order valence-electron chi connectivity index (χ3n) is 4.59. The molecule has 30 heavy (non-hydrogen) atoms. The first-order chi connectivity index (χ1) is 14.4. The molecule has 158 valence electrons. The van der Waals surface area contributed by atoms with Crippen molar-refractivity contribution in [3.63, 3.8) is 0 Å². The van der Waals surface area contributed by atoms with E-state index in [-0.39, 0.29) is 6.61 Å². The van der Waals surface area contributed by atoms with Crippen molar-refractivity contribution in [2.45, 2.75) is 25.4 Å². The van der Waals surface area contributed by atoms with Crippen molar-refractivity contribution in [3.8, 4) is 5.75 Å². The molecule has 3 nitrogen and oxygen atoms in total. The highest BCUT2D eigenvalue weighted by molar-refractivity contribution is 5.28. The number of hydrogen-bond acceptors (Lipinski definition) is 3. The Morgan fingerprint density at radius 2 is 1.27 bits per heavy atom. The van der Waals surface area contributed by atoms with Crippen molar-refractivity contribution in [3.05, 3.63) is 102 Å². The third-order valence-corrected chi connectivity index (χ3v) is 4.59. The van der Waals surface area contributed by atoms with Crippen LogP contribution in [0, 0.1) is 0 Å². The monoisotopic (exact) mass is 415 g/mol. The topological polar surface area (TPSA) is 32.7 Å². The van der Waals surface area contributed by atoms with Crippen LogP contribution in [0.5, 0.6) is 5.75 Å². The van der Waals surface area contributed by atoms with Gasteiger partial charge in [0.15, 0.2) is 0 Å². The Kier molecular flexibility index (Phi) is 7.49. The molecule has 0 radical (unpaired) electrons. The van der Waals surface area contributed by atoms with Gasteiger partial charge in [-0.05, 0) is 35.4 Å². The SMILES string of the molecule is O[C@H](COc1ccc(C(F)(F)F)cc1)CN(Cc1ccccc1)Cc1ccccc1. The summed E-state index contributed by atoms with van der Waals surface area (Å²) >= 11 is 0. The van der Waals surface area contributed by atoms with Gasteiger partial charge in [-0.1, -0.05) is 60.7 Å². The molecule has 1 atom stereocenters. The van der Waals surface area contributed by atoms with Gasteiger partial charge in [-0.2, -0.15) is 13.2 Å². The van der Waals surface area contributed by atoms with Gasteiger partial charge in [0.25, 0.3) is 0 Å². The normalized spacial score (nSPS) is 12.7. The van der Waals surface area contributed by atoms with Crippen LogP contribution in [0.15, 0.2) is 84.9 Å². The number of hydrogen-bond donors (Lipinski definition) is 1. The number of aliphatic hydroxyl groups is 1. The molecule has 0 heterocycles. The molecule has 0 saturated carbocycles. The Hall–Kier alpha value is -2.83. The van der Waals surface area contributed by atoms with Crippen LogP contribution in [0.1, 0.15) is 16.7 Å². The van der Waals surface area contributed by atoms with E-state index in [1.807, 2.05) is 60.7 Å². The second kappa shape index (κ2) is 10.3. The average Bonchev–Trinajstić information content (AvgIpc) is 2.73. The Bertz CT molecular complexity index is 842. The maximum absolute atomic E-state index is 12.6. The van der Waals surface area contributed by atoms with Gasteiger partial charge < -0.3 is 9.84 Å². The summed E-state index contributed by atoms with van der Waals surface area (Å²) in [4.78, 5) is 2.12. The van der Waals surface area contributed by atoms with Gasteiger partial charge in [-0.15, -0.1) is 0 Å². The van der Waals surface area contributed by atoms with Crippen LogP contribution in [-0.2, 0) is 19.3 Å². The number of benzene rings is 3. The van der Waals surface area contributed by atoms with Gasteiger partial charge in [-0.25, -0.2) is 0 Å². The van der Waals surface area contributed by atoms with E-state index in [2.05, 4.69) is 4.90 Å². The summed E-state index contributed by atoms with van der Waals surface area (Å²) < 4.78 is 43.4. The number of alkyl halides is 3. The first-order valence-corrected chi connectivity index (χ1v) is 9.68. The molecule has 0 aliphatic heterocycles. The quantitative estimate of drug-likeness (QED) is 0.525. The second-order valence-corrected chi connectivity index (χ2v) is 7.13. The van der Waals surface area contributed by atoms with Crippen molar-refractivity contribution in [2.75, 3.05) is 13.2 Å². The van der Waals surface area contributed by atoms with Gasteiger partial charge in [0.05, 0.1) is 5.56 Å². The van der Waals surface area contributed by atoms with Gasteiger partial charge in [0, 0.05) is 19.6 Å². The minimum Gasteiger partial charge on any atom is -0.491 e. The number of nitrogens with zero attached hydrogens (tertiary/aromatic N) is 1. The van der Waals surface area contributed by atoms with Crippen LogP contribution in [0.2, 0.25) is 0 Å². The maximum atomic E-state index is 12.6. The van der Waals surface area contributed by atoms with Gasteiger partial charge in [0.1, 0.15) is 18.5 Å². The first-order valence-electron chi connectivity index (χ1n) is 9.68. The van der Waals surface area contributed by atoms with E-state index < -0.39 is 17.8 Å². The van der Waals surface area contributed by atoms with Crippen LogP contribution in [0.25, 0.3) is 0 Å². The molecule has 0 saturated heterocycles. The van der Waals surface area contributed by atoms with E-state index in [9.17, 15) is 18.3 Å². The summed E-state index contributed by atoms with van der Waals surface area (Å²) in [6.07, 6.45) is -5.17. The Labute approximate surface area is 174 Å². The van der Waals surface area contributed by atoms with Gasteiger partial charge in [-0.3, -0.25) is 4.90 Å². The summed E-state index contributed by atoms with van der Waals surface area (Å²) in [5.41, 5.74) is 1.53. The van der Waals surface area contributed by atoms with Crippen molar-refractivity contribution in [1.82, 2.24) is 4.90 Å². The number of ether oxygens (including phenoxy) is 1. The van der Waals surface area contributed by atoms with Crippen LogP contribution < -0.4 is 4.74 Å². The van der Waals surface area contributed by atoms with Crippen molar-refractivity contribution in [2.24, 2.45) is 0 Å². The maximum Gasteiger partial charge on any atom is 0.416 e. The number of rotatable bonds is 9. The Morgan fingerprint density at radius 1 is 0.767 bits per heavy atom. The Balaban J connectivity index is 1.58. The lowest BCUT2D eigenvalue weighted by Gasteiger charge is -2.25. The lowest BCUT2D eigenvalue weighted by atomic mass is 10.1. The predicted molar refractivity (Wildman–Crippen MR) is 110 cm³/mol. The van der Waals surface area contributed by atoms with E-state index in [0.29, 0.717) is 25.4 Å². The fourth-order valence-corrected chi connectivity index (χ4v) is 3.15.